The third-order valence-electron chi connectivity index (χ3n) is 3.12. The number of carbonyl (C=O) groups excluding carboxylic acids is 1. The summed E-state index contributed by atoms with van der Waals surface area (Å²) in [6.07, 6.45) is 1.96. The molecule has 0 aliphatic rings. The second-order valence-electron chi connectivity index (χ2n) is 4.51. The molecule has 84 valence electrons. The fourth-order valence-electron chi connectivity index (χ4n) is 1.89. The quantitative estimate of drug-likeness (QED) is 0.708. The van der Waals surface area contributed by atoms with Gasteiger partial charge in [-0.2, -0.15) is 5.26 Å². The van der Waals surface area contributed by atoms with Crippen LogP contribution in [0, 0.1) is 17.2 Å². The smallest absolute Gasteiger partial charge is 0.120 e. The molecule has 16 heavy (non-hydrogen) atoms. The van der Waals surface area contributed by atoms with Crippen LogP contribution >= 0.6 is 0 Å². The van der Waals surface area contributed by atoms with Gasteiger partial charge in [-0.25, -0.2) is 0 Å². The predicted octanol–water partition coefficient (Wildman–Crippen LogP) is 3.08. The molecule has 1 atom stereocenters. The van der Waals surface area contributed by atoms with Crippen molar-refractivity contribution in [2.24, 2.45) is 5.92 Å². The topological polar surface area (TPSA) is 40.9 Å². The number of nitriles is 1. The van der Waals surface area contributed by atoms with Crippen LogP contribution in [0.3, 0.4) is 0 Å². The van der Waals surface area contributed by atoms with Gasteiger partial charge in [-0.05, 0) is 12.0 Å². The summed E-state index contributed by atoms with van der Waals surface area (Å²) in [6.45, 7) is 4.11. The van der Waals surface area contributed by atoms with E-state index in [2.05, 4.69) is 19.9 Å². The highest BCUT2D eigenvalue weighted by atomic mass is 16.1. The number of rotatable bonds is 5. The summed E-state index contributed by atoms with van der Waals surface area (Å²) in [7, 11) is 0. The van der Waals surface area contributed by atoms with E-state index in [9.17, 15) is 10.1 Å². The first-order valence-corrected chi connectivity index (χ1v) is 5.51. The SMILES string of the molecule is CC(C)(c1ccccc1)C(C#N)CCC=O. The van der Waals surface area contributed by atoms with Gasteiger partial charge in [0, 0.05) is 11.8 Å². The third kappa shape index (κ3) is 2.70. The molecule has 0 aromatic heterocycles. The molecule has 1 rings (SSSR count). The van der Waals surface area contributed by atoms with E-state index in [0.29, 0.717) is 12.8 Å². The lowest BCUT2D eigenvalue weighted by atomic mass is 9.72. The van der Waals surface area contributed by atoms with Crippen molar-refractivity contribution in [3.8, 4) is 6.07 Å². The Labute approximate surface area is 96.9 Å². The monoisotopic (exact) mass is 215 g/mol. The van der Waals surface area contributed by atoms with Gasteiger partial charge in [0.1, 0.15) is 6.29 Å². The molecule has 2 heteroatoms. The fraction of sp³-hybridized carbons (Fsp3) is 0.429. The average molecular weight is 215 g/mol. The van der Waals surface area contributed by atoms with Crippen LogP contribution in [0.25, 0.3) is 0 Å². The lowest BCUT2D eigenvalue weighted by Gasteiger charge is -2.30. The molecular formula is C14H17NO. The summed E-state index contributed by atoms with van der Waals surface area (Å²) in [5, 5.41) is 9.18. The molecule has 0 saturated carbocycles. The van der Waals surface area contributed by atoms with Crippen molar-refractivity contribution in [3.63, 3.8) is 0 Å². The van der Waals surface area contributed by atoms with Crippen molar-refractivity contribution in [2.75, 3.05) is 0 Å². The molecular weight excluding hydrogens is 198 g/mol. The molecule has 0 radical (unpaired) electrons. The number of aldehydes is 1. The predicted molar refractivity (Wildman–Crippen MR) is 63.9 cm³/mol. The van der Waals surface area contributed by atoms with Crippen LogP contribution in [0.15, 0.2) is 30.3 Å². The van der Waals surface area contributed by atoms with E-state index in [1.54, 1.807) is 0 Å². The molecule has 0 aliphatic carbocycles. The van der Waals surface area contributed by atoms with Crippen LogP contribution < -0.4 is 0 Å². The Kier molecular flexibility index (Phi) is 4.25. The van der Waals surface area contributed by atoms with Crippen molar-refractivity contribution in [2.45, 2.75) is 32.1 Å². The number of hydrogen-bond acceptors (Lipinski definition) is 2. The molecule has 0 amide bonds. The highest BCUT2D eigenvalue weighted by Gasteiger charge is 2.30. The van der Waals surface area contributed by atoms with Crippen LogP contribution in [-0.4, -0.2) is 6.29 Å². The Bertz CT molecular complexity index is 375. The van der Waals surface area contributed by atoms with Gasteiger partial charge in [0.25, 0.3) is 0 Å². The second-order valence-corrected chi connectivity index (χ2v) is 4.51. The van der Waals surface area contributed by atoms with Gasteiger partial charge in [0.15, 0.2) is 0 Å². The molecule has 2 nitrogen and oxygen atoms in total. The van der Waals surface area contributed by atoms with Gasteiger partial charge < -0.3 is 4.79 Å². The van der Waals surface area contributed by atoms with Crippen molar-refractivity contribution in [1.82, 2.24) is 0 Å². The average Bonchev–Trinajstić information content (AvgIpc) is 2.31. The molecule has 0 aliphatic heterocycles. The maximum absolute atomic E-state index is 10.4. The molecule has 1 unspecified atom stereocenters. The molecule has 0 heterocycles. The normalized spacial score (nSPS) is 12.8. The van der Waals surface area contributed by atoms with E-state index in [1.807, 2.05) is 30.3 Å². The van der Waals surface area contributed by atoms with E-state index in [1.165, 1.54) is 0 Å². The van der Waals surface area contributed by atoms with E-state index in [0.717, 1.165) is 11.8 Å². The largest absolute Gasteiger partial charge is 0.303 e. The zero-order chi connectivity index (χ0) is 12.0. The standard InChI is InChI=1S/C14H17NO/c1-14(2,12-7-4-3-5-8-12)13(11-15)9-6-10-16/h3-5,7-8,10,13H,6,9H2,1-2H3. The second kappa shape index (κ2) is 5.46. The number of hydrogen-bond donors (Lipinski definition) is 0. The molecule has 0 saturated heterocycles. The van der Waals surface area contributed by atoms with Crippen molar-refractivity contribution in [1.29, 1.82) is 5.26 Å². The summed E-state index contributed by atoms with van der Waals surface area (Å²) in [5.74, 6) is -0.125. The molecule has 1 aromatic rings. The lowest BCUT2D eigenvalue weighted by molar-refractivity contribution is -0.108. The van der Waals surface area contributed by atoms with Crippen molar-refractivity contribution in [3.05, 3.63) is 35.9 Å². The van der Waals surface area contributed by atoms with Gasteiger partial charge in [0.2, 0.25) is 0 Å². The summed E-state index contributed by atoms with van der Waals surface area (Å²) in [5.41, 5.74) is 0.936. The minimum Gasteiger partial charge on any atom is -0.303 e. The first-order chi connectivity index (χ1) is 7.62. The molecule has 0 bridgehead atoms. The summed E-state index contributed by atoms with van der Waals surface area (Å²) in [6, 6.07) is 12.3. The van der Waals surface area contributed by atoms with Gasteiger partial charge >= 0.3 is 0 Å². The Morgan fingerprint density at radius 2 is 2.00 bits per heavy atom. The third-order valence-corrected chi connectivity index (χ3v) is 3.12. The Hall–Kier alpha value is -1.62. The minimum atomic E-state index is -0.209. The Balaban J connectivity index is 2.91. The van der Waals surface area contributed by atoms with Crippen LogP contribution in [0.5, 0.6) is 0 Å². The zero-order valence-electron chi connectivity index (χ0n) is 9.81. The number of carbonyl (C=O) groups is 1. The van der Waals surface area contributed by atoms with Crippen LogP contribution in [0.1, 0.15) is 32.3 Å². The fourth-order valence-corrected chi connectivity index (χ4v) is 1.89. The Morgan fingerprint density at radius 3 is 2.50 bits per heavy atom. The first-order valence-electron chi connectivity index (χ1n) is 5.51. The lowest BCUT2D eigenvalue weighted by Crippen LogP contribution is -2.27. The van der Waals surface area contributed by atoms with E-state index in [4.69, 9.17) is 0 Å². The summed E-state index contributed by atoms with van der Waals surface area (Å²) >= 11 is 0. The van der Waals surface area contributed by atoms with Crippen LogP contribution in [0.4, 0.5) is 0 Å². The maximum Gasteiger partial charge on any atom is 0.120 e. The van der Waals surface area contributed by atoms with Crippen molar-refractivity contribution < 1.29 is 4.79 Å². The van der Waals surface area contributed by atoms with Crippen molar-refractivity contribution >= 4 is 6.29 Å². The minimum absolute atomic E-state index is 0.125. The Morgan fingerprint density at radius 1 is 1.38 bits per heavy atom. The van der Waals surface area contributed by atoms with Crippen LogP contribution in [0.2, 0.25) is 0 Å². The molecule has 0 spiro atoms. The summed E-state index contributed by atoms with van der Waals surface area (Å²) < 4.78 is 0. The van der Waals surface area contributed by atoms with Gasteiger partial charge in [-0.15, -0.1) is 0 Å². The molecule has 0 N–H and O–H groups in total. The molecule has 1 aromatic carbocycles. The zero-order valence-corrected chi connectivity index (χ0v) is 9.81. The van der Waals surface area contributed by atoms with Gasteiger partial charge in [-0.1, -0.05) is 44.2 Å². The number of benzene rings is 1. The number of nitrogens with zero attached hydrogens (tertiary/aromatic N) is 1. The van der Waals surface area contributed by atoms with E-state index < -0.39 is 0 Å². The highest BCUT2D eigenvalue weighted by Crippen LogP contribution is 2.33. The van der Waals surface area contributed by atoms with E-state index >= 15 is 0 Å². The van der Waals surface area contributed by atoms with Gasteiger partial charge in [-0.3, -0.25) is 0 Å². The van der Waals surface area contributed by atoms with Crippen LogP contribution in [-0.2, 0) is 10.2 Å². The summed E-state index contributed by atoms with van der Waals surface area (Å²) in [4.78, 5) is 10.4. The van der Waals surface area contributed by atoms with Gasteiger partial charge in [0.05, 0.1) is 12.0 Å². The van der Waals surface area contributed by atoms with E-state index in [-0.39, 0.29) is 11.3 Å². The molecule has 0 fully saturated rings. The highest BCUT2D eigenvalue weighted by molar-refractivity contribution is 5.49. The maximum atomic E-state index is 10.4. The first kappa shape index (κ1) is 12.4.